The lowest BCUT2D eigenvalue weighted by molar-refractivity contribution is -0.415. The zero-order chi connectivity index (χ0) is 84.8. The minimum absolute atomic E-state index is 0.0922. The number of hydrogen-bond acceptors (Lipinski definition) is 20. The molecule has 113 heavy (non-hydrogen) atoms. The van der Waals surface area contributed by atoms with Crippen LogP contribution in [0.15, 0.2) is 177 Å². The van der Waals surface area contributed by atoms with E-state index in [-0.39, 0.29) is 22.0 Å². The van der Waals surface area contributed by atoms with Gasteiger partial charge in [-0.2, -0.15) is 35.1 Å². The third-order valence-electron chi connectivity index (χ3n) is 14.3. The molecule has 614 valence electrons. The van der Waals surface area contributed by atoms with Crippen molar-refractivity contribution in [1.29, 1.82) is 0 Å². The van der Waals surface area contributed by atoms with E-state index in [1.54, 1.807) is 42.5 Å². The van der Waals surface area contributed by atoms with Crippen LogP contribution in [-0.4, -0.2) is 108 Å². The highest BCUT2D eigenvalue weighted by molar-refractivity contribution is 7.99. The molecule has 8 rings (SSSR count). The van der Waals surface area contributed by atoms with Crippen molar-refractivity contribution < 1.29 is 159 Å². The Labute approximate surface area is 642 Å². The molecule has 0 bridgehead atoms. The summed E-state index contributed by atoms with van der Waals surface area (Å²) >= 11 is 0.982. The van der Waals surface area contributed by atoms with Crippen LogP contribution in [0.1, 0.15) is 60.8 Å². The Kier molecular flexibility index (Phi) is 34.2. The summed E-state index contributed by atoms with van der Waals surface area (Å²) in [5.41, 5.74) is 3.21. The van der Waals surface area contributed by atoms with Gasteiger partial charge >= 0.3 is 18.1 Å². The first kappa shape index (κ1) is 94.2. The van der Waals surface area contributed by atoms with Crippen molar-refractivity contribution in [1.82, 2.24) is 0 Å². The van der Waals surface area contributed by atoms with Gasteiger partial charge in [0.15, 0.2) is 58.2 Å². The molecular weight excluding hydrogens is 1680 g/mol. The fourth-order valence-corrected chi connectivity index (χ4v) is 12.9. The minimum atomic E-state index is -6.74. The van der Waals surface area contributed by atoms with E-state index in [1.807, 2.05) is 48.5 Å². The van der Waals surface area contributed by atoms with Gasteiger partial charge in [-0.05, 0) is 139 Å². The number of benzene rings is 8. The highest BCUT2D eigenvalue weighted by Crippen LogP contribution is 2.49. The number of hydrogen-bond donors (Lipinski definition) is 0. The highest BCUT2D eigenvalue weighted by Gasteiger charge is 2.77. The SMILES string of the molecule is C=Cc1ccc(OC(F)(F)C(F)(F)C(F)(F)Oc2c(F)c(F)c(S(=O)(=O)[O-])c(F)c2F)cc1.C=Cc1ccc(OCCCCCSc2c(F)c(F)c(S(=O)(=O)[O-])c(F)c2F)cc1.C=Cc1ccc(OCCCCSc2c(F)c(F)c(S(=O)(=O)[O-])c(F)c2F)cc1.C=Cc1ccc(OCCCOc2ccc(S(=O)(=O)[O-])cc2)cc1. The molecule has 0 saturated heterocycles. The van der Waals surface area contributed by atoms with Crippen LogP contribution in [0.4, 0.5) is 79.0 Å². The normalized spacial score (nSPS) is 11.8. The van der Waals surface area contributed by atoms with Crippen LogP contribution < -0.4 is 28.4 Å². The predicted octanol–water partition coefficient (Wildman–Crippen LogP) is 18.0. The van der Waals surface area contributed by atoms with Gasteiger partial charge in [-0.3, -0.25) is 0 Å². The summed E-state index contributed by atoms with van der Waals surface area (Å²) in [7, 11) is -22.1. The summed E-state index contributed by atoms with van der Waals surface area (Å²) < 4.78 is 406. The van der Waals surface area contributed by atoms with E-state index in [1.165, 1.54) is 30.3 Å². The smallest absolute Gasteiger partial charge is 0.475 e. The van der Waals surface area contributed by atoms with E-state index in [2.05, 4.69) is 35.8 Å². The average Bonchev–Trinajstić information content (AvgIpc) is 0.738. The van der Waals surface area contributed by atoms with Gasteiger partial charge in [0.1, 0.15) is 83.9 Å². The van der Waals surface area contributed by atoms with Crippen LogP contribution in [0.3, 0.4) is 0 Å². The van der Waals surface area contributed by atoms with Gasteiger partial charge in [0.2, 0.25) is 17.4 Å². The van der Waals surface area contributed by atoms with Gasteiger partial charge in [-0.1, -0.05) is 99.2 Å². The van der Waals surface area contributed by atoms with Crippen molar-refractivity contribution in [2.24, 2.45) is 0 Å². The summed E-state index contributed by atoms with van der Waals surface area (Å²) in [6.45, 7) is 15.9. The van der Waals surface area contributed by atoms with Crippen molar-refractivity contribution in [2.45, 2.75) is 86.0 Å². The van der Waals surface area contributed by atoms with Crippen molar-refractivity contribution >= 4 is 88.3 Å². The summed E-state index contributed by atoms with van der Waals surface area (Å²) in [5, 5.41) is 0. The Hall–Kier alpha value is -9.40. The monoisotopic (exact) mass is 1730 g/mol. The molecule has 0 amide bonds. The van der Waals surface area contributed by atoms with E-state index in [0.717, 1.165) is 34.6 Å². The Balaban J connectivity index is 0.000000271. The van der Waals surface area contributed by atoms with Crippen LogP contribution in [0.5, 0.6) is 34.5 Å². The van der Waals surface area contributed by atoms with Crippen molar-refractivity contribution in [3.05, 3.63) is 240 Å². The largest absolute Gasteiger partial charge is 0.744 e. The molecule has 0 saturated carbocycles. The van der Waals surface area contributed by atoms with Crippen molar-refractivity contribution in [3.63, 3.8) is 0 Å². The molecule has 0 spiro atoms. The highest BCUT2D eigenvalue weighted by atomic mass is 32.2. The van der Waals surface area contributed by atoms with Crippen molar-refractivity contribution in [3.8, 4) is 34.5 Å². The molecule has 0 unspecified atom stereocenters. The first-order valence-electron chi connectivity index (χ1n) is 31.4. The molecule has 0 aromatic heterocycles. The molecule has 42 heteroatoms. The Morgan fingerprint density at radius 3 is 0.841 bits per heavy atom. The zero-order valence-electron chi connectivity index (χ0n) is 57.3. The Bertz CT molecular complexity index is 5050. The standard InChI is InChI=1S/C19H18F4O4S2.C18H16F4O4S2.C17H8F10O5S.C17H18O5S/c1-2-12-6-8-13(9-7-12)27-10-4-3-5-11-28-18-14(20)16(22)19(29(24,25)26)17(23)15(18)21;1-2-11-5-7-12(8-6-11)26-9-3-4-10-27-17-13(19)15(21)18(28(23,24)25)16(22)14(17)20;1-2-7-3-5-8(6-4-7)31-16(24,25)15(22,23)17(26,27)32-13-9(18)11(20)14(33(28,29)30)12(21)10(13)19;1-2-14-4-6-15(7-5-14)21-12-3-13-22-16-8-10-17(11-9-16)23(18,19)20/h2,6-9H,1,3-5,10-11H2,(H,24,25,26);2,5-8H,1,3-4,9-10H2,(H,23,24,25);2-6H,1H2,(H,28,29,30);2,4-11H,1,3,12-13H2,(H,18,19,20)/p-4. The number of thioether (sulfide) groups is 2. The molecule has 0 aliphatic carbocycles. The molecule has 0 N–H and O–H groups in total. The lowest BCUT2D eigenvalue weighted by Crippen LogP contribution is -2.59. The number of rotatable bonds is 35. The summed E-state index contributed by atoms with van der Waals surface area (Å²) in [5.74, 6) is -37.1. The van der Waals surface area contributed by atoms with Gasteiger partial charge in [-0.25, -0.2) is 77.6 Å². The molecule has 0 radical (unpaired) electrons. The lowest BCUT2D eigenvalue weighted by atomic mass is 10.2. The lowest BCUT2D eigenvalue weighted by Gasteiger charge is -2.31. The van der Waals surface area contributed by atoms with Crippen LogP contribution >= 0.6 is 23.5 Å². The van der Waals surface area contributed by atoms with Crippen LogP contribution in [0.25, 0.3) is 24.3 Å². The van der Waals surface area contributed by atoms with Gasteiger partial charge in [0.05, 0.1) is 41.1 Å². The van der Waals surface area contributed by atoms with E-state index < -0.39 is 164 Å². The predicted molar refractivity (Wildman–Crippen MR) is 370 cm³/mol. The fourth-order valence-electron chi connectivity index (χ4n) is 8.58. The number of ether oxygens (including phenoxy) is 6. The minimum Gasteiger partial charge on any atom is -0.744 e. The molecule has 8 aromatic rings. The van der Waals surface area contributed by atoms with E-state index in [4.69, 9.17) is 18.9 Å². The van der Waals surface area contributed by atoms with Gasteiger partial charge in [0, 0.05) is 6.42 Å². The zero-order valence-corrected chi connectivity index (χ0v) is 62.2. The summed E-state index contributed by atoms with van der Waals surface area (Å²) in [4.78, 5) is -9.39. The maximum atomic E-state index is 13.9. The molecule has 8 aromatic carbocycles. The van der Waals surface area contributed by atoms with Crippen molar-refractivity contribution in [2.75, 3.05) is 37.9 Å². The third-order valence-corrected chi connectivity index (χ3v) is 20.0. The molecule has 0 aliphatic rings. The number of alkyl halides is 6. The molecule has 0 aliphatic heterocycles. The van der Waals surface area contributed by atoms with Gasteiger partial charge in [0.25, 0.3) is 0 Å². The number of halogens is 18. The van der Waals surface area contributed by atoms with E-state index in [9.17, 15) is 131 Å². The van der Waals surface area contributed by atoms with Gasteiger partial charge < -0.3 is 46.6 Å². The second-order valence-electron chi connectivity index (χ2n) is 22.1. The second-order valence-corrected chi connectivity index (χ2v) is 29.7. The first-order valence-corrected chi connectivity index (χ1v) is 39.0. The number of unbranched alkanes of at least 4 members (excludes halogenated alkanes) is 3. The fraction of sp³-hybridized carbons (Fsp3) is 0.211. The van der Waals surface area contributed by atoms with Crippen LogP contribution in [0.2, 0.25) is 0 Å². The van der Waals surface area contributed by atoms with E-state index in [0.29, 0.717) is 118 Å². The van der Waals surface area contributed by atoms with Crippen LogP contribution in [-0.2, 0) is 40.5 Å². The molecule has 0 heterocycles. The average molecular weight is 1730 g/mol. The molecular formula is C71H56F18O18S6-4. The van der Waals surface area contributed by atoms with Gasteiger partial charge in [-0.15, -0.1) is 23.5 Å². The Morgan fingerprint density at radius 1 is 0.310 bits per heavy atom. The molecule has 0 fully saturated rings. The molecule has 0 atom stereocenters. The maximum absolute atomic E-state index is 13.9. The summed E-state index contributed by atoms with van der Waals surface area (Å²) in [6.07, 6.45) is -3.10. The van der Waals surface area contributed by atoms with Crippen LogP contribution in [0, 0.1) is 69.8 Å². The quantitative estimate of drug-likeness (QED) is 0.0117. The Morgan fingerprint density at radius 2 is 0.558 bits per heavy atom. The molecule has 18 nitrogen and oxygen atoms in total. The second kappa shape index (κ2) is 41.1. The first-order chi connectivity index (χ1) is 52.7. The third kappa shape index (κ3) is 26.1. The van der Waals surface area contributed by atoms with E-state index >= 15 is 0 Å². The summed E-state index contributed by atoms with van der Waals surface area (Å²) in [6, 6.07) is 30.7. The topological polar surface area (TPSA) is 284 Å². The maximum Gasteiger partial charge on any atom is 0.475 e.